The summed E-state index contributed by atoms with van der Waals surface area (Å²) in [5.41, 5.74) is 1.34. The number of halogens is 1. The highest BCUT2D eigenvalue weighted by Crippen LogP contribution is 2.17. The summed E-state index contributed by atoms with van der Waals surface area (Å²) in [5, 5.41) is 3.52. The molecule has 4 heteroatoms. The van der Waals surface area contributed by atoms with Crippen LogP contribution in [0.25, 0.3) is 0 Å². The molecule has 0 radical (unpaired) electrons. The molecule has 1 fully saturated rings. The van der Waals surface area contributed by atoms with Gasteiger partial charge in [0.2, 0.25) is 0 Å². The lowest BCUT2D eigenvalue weighted by Crippen LogP contribution is -2.53. The van der Waals surface area contributed by atoms with Gasteiger partial charge in [0, 0.05) is 31.7 Å². The summed E-state index contributed by atoms with van der Waals surface area (Å²) in [7, 11) is 0. The van der Waals surface area contributed by atoms with E-state index in [-0.39, 0.29) is 12.4 Å². The van der Waals surface area contributed by atoms with Gasteiger partial charge >= 0.3 is 0 Å². The van der Waals surface area contributed by atoms with Crippen LogP contribution in [0.4, 0.5) is 0 Å². The van der Waals surface area contributed by atoms with Gasteiger partial charge in [-0.3, -0.25) is 4.90 Å². The average Bonchev–Trinajstić information content (AvgIpc) is 2.41. The molecule has 2 atom stereocenters. The fraction of sp³-hybridized carbons (Fsp3) is 0.625. The van der Waals surface area contributed by atoms with Crippen LogP contribution in [0.3, 0.4) is 0 Å². The maximum absolute atomic E-state index is 5.70. The molecule has 0 amide bonds. The normalized spacial score (nSPS) is 23.1. The van der Waals surface area contributed by atoms with Gasteiger partial charge in [-0.25, -0.2) is 0 Å². The van der Waals surface area contributed by atoms with Crippen molar-refractivity contribution in [3.63, 3.8) is 0 Å². The van der Waals surface area contributed by atoms with Crippen molar-refractivity contribution in [1.29, 1.82) is 0 Å². The Hall–Kier alpha value is -0.770. The van der Waals surface area contributed by atoms with Crippen LogP contribution in [0, 0.1) is 0 Å². The molecular formula is C16H27ClN2O. The monoisotopic (exact) mass is 298 g/mol. The van der Waals surface area contributed by atoms with Gasteiger partial charge in [0.1, 0.15) is 5.75 Å². The van der Waals surface area contributed by atoms with Gasteiger partial charge in [0.05, 0.1) is 6.61 Å². The number of nitrogens with one attached hydrogen (secondary N) is 1. The first-order chi connectivity index (χ1) is 9.19. The molecule has 0 bridgehead atoms. The van der Waals surface area contributed by atoms with Gasteiger partial charge in [0.15, 0.2) is 0 Å². The zero-order chi connectivity index (χ0) is 13.7. The van der Waals surface area contributed by atoms with Crippen LogP contribution in [-0.4, -0.2) is 36.7 Å². The third kappa shape index (κ3) is 4.97. The Morgan fingerprint density at radius 3 is 2.90 bits per heavy atom. The molecule has 20 heavy (non-hydrogen) atoms. The molecule has 2 rings (SSSR count). The van der Waals surface area contributed by atoms with Crippen molar-refractivity contribution in [2.24, 2.45) is 0 Å². The van der Waals surface area contributed by atoms with Crippen molar-refractivity contribution in [2.45, 2.75) is 45.8 Å². The second-order valence-corrected chi connectivity index (χ2v) is 5.58. The van der Waals surface area contributed by atoms with Crippen LogP contribution in [0.5, 0.6) is 5.75 Å². The molecule has 2 unspecified atom stereocenters. The summed E-state index contributed by atoms with van der Waals surface area (Å²) < 4.78 is 5.70. The number of benzene rings is 1. The first kappa shape index (κ1) is 17.3. The number of hydrogen-bond acceptors (Lipinski definition) is 3. The van der Waals surface area contributed by atoms with Crippen LogP contribution in [0.2, 0.25) is 0 Å². The van der Waals surface area contributed by atoms with Gasteiger partial charge in [-0.05, 0) is 38.0 Å². The van der Waals surface area contributed by atoms with Crippen LogP contribution in [0.1, 0.15) is 32.8 Å². The van der Waals surface area contributed by atoms with Gasteiger partial charge in [-0.15, -0.1) is 12.4 Å². The first-order valence-electron chi connectivity index (χ1n) is 7.38. The number of hydrogen-bond donors (Lipinski definition) is 1. The molecule has 1 aromatic rings. The third-order valence-corrected chi connectivity index (χ3v) is 3.65. The SMILES string of the molecule is CCCOc1cccc(CN2CC(C)NCC2C)c1.Cl. The number of piperazine rings is 1. The highest BCUT2D eigenvalue weighted by atomic mass is 35.5. The second-order valence-electron chi connectivity index (χ2n) is 5.58. The predicted octanol–water partition coefficient (Wildman–Crippen LogP) is 3.08. The van der Waals surface area contributed by atoms with Crippen LogP contribution in [-0.2, 0) is 6.54 Å². The highest BCUT2D eigenvalue weighted by Gasteiger charge is 2.22. The average molecular weight is 299 g/mol. The number of ether oxygens (including phenoxy) is 1. The second kappa shape index (κ2) is 8.50. The van der Waals surface area contributed by atoms with E-state index < -0.39 is 0 Å². The lowest BCUT2D eigenvalue weighted by atomic mass is 10.1. The summed E-state index contributed by atoms with van der Waals surface area (Å²) >= 11 is 0. The summed E-state index contributed by atoms with van der Waals surface area (Å²) in [6, 6.07) is 9.68. The quantitative estimate of drug-likeness (QED) is 0.904. The molecule has 3 nitrogen and oxygen atoms in total. The standard InChI is InChI=1S/C16H26N2O.ClH/c1-4-8-19-16-7-5-6-15(9-16)12-18-11-13(2)17-10-14(18)3;/h5-7,9,13-14,17H,4,8,10-12H2,1-3H3;1H. The molecule has 114 valence electrons. The molecule has 0 saturated carbocycles. The fourth-order valence-corrected chi connectivity index (χ4v) is 2.51. The third-order valence-electron chi connectivity index (χ3n) is 3.65. The Morgan fingerprint density at radius 1 is 1.35 bits per heavy atom. The molecular weight excluding hydrogens is 272 g/mol. The van der Waals surface area contributed by atoms with Crippen LogP contribution < -0.4 is 10.1 Å². The van der Waals surface area contributed by atoms with Gasteiger partial charge in [0.25, 0.3) is 0 Å². The van der Waals surface area contributed by atoms with Crippen molar-refractivity contribution in [1.82, 2.24) is 10.2 Å². The van der Waals surface area contributed by atoms with E-state index in [0.717, 1.165) is 38.4 Å². The lowest BCUT2D eigenvalue weighted by molar-refractivity contribution is 0.138. The highest BCUT2D eigenvalue weighted by molar-refractivity contribution is 5.85. The fourth-order valence-electron chi connectivity index (χ4n) is 2.51. The van der Waals surface area contributed by atoms with E-state index in [1.807, 2.05) is 6.07 Å². The molecule has 0 aliphatic carbocycles. The molecule has 0 aromatic heterocycles. The summed E-state index contributed by atoms with van der Waals surface area (Å²) in [4.78, 5) is 2.54. The minimum atomic E-state index is 0. The molecule has 1 saturated heterocycles. The first-order valence-corrected chi connectivity index (χ1v) is 7.38. The summed E-state index contributed by atoms with van der Waals surface area (Å²) in [6.45, 7) is 10.7. The minimum Gasteiger partial charge on any atom is -0.494 e. The van der Waals surface area contributed by atoms with Crippen molar-refractivity contribution in [2.75, 3.05) is 19.7 Å². The van der Waals surface area contributed by atoms with Crippen LogP contribution >= 0.6 is 12.4 Å². The smallest absolute Gasteiger partial charge is 0.119 e. The zero-order valence-electron chi connectivity index (χ0n) is 12.8. The van der Waals surface area contributed by atoms with Crippen molar-refractivity contribution >= 4 is 12.4 Å². The predicted molar refractivity (Wildman–Crippen MR) is 86.8 cm³/mol. The van der Waals surface area contributed by atoms with Crippen LogP contribution in [0.15, 0.2) is 24.3 Å². The Kier molecular flexibility index (Phi) is 7.35. The van der Waals surface area contributed by atoms with E-state index in [2.05, 4.69) is 49.2 Å². The molecule has 1 N–H and O–H groups in total. The maximum Gasteiger partial charge on any atom is 0.119 e. The van der Waals surface area contributed by atoms with E-state index in [4.69, 9.17) is 4.74 Å². The number of rotatable bonds is 5. The van der Waals surface area contributed by atoms with E-state index >= 15 is 0 Å². The topological polar surface area (TPSA) is 24.5 Å². The van der Waals surface area contributed by atoms with Crippen molar-refractivity contribution in [3.05, 3.63) is 29.8 Å². The number of nitrogens with zero attached hydrogens (tertiary/aromatic N) is 1. The molecule has 0 spiro atoms. The summed E-state index contributed by atoms with van der Waals surface area (Å²) in [6.07, 6.45) is 1.05. The van der Waals surface area contributed by atoms with Gasteiger partial charge < -0.3 is 10.1 Å². The lowest BCUT2D eigenvalue weighted by Gasteiger charge is -2.37. The van der Waals surface area contributed by atoms with E-state index in [1.165, 1.54) is 5.56 Å². The Balaban J connectivity index is 0.00000200. The largest absolute Gasteiger partial charge is 0.494 e. The Bertz CT molecular complexity index is 400. The molecule has 1 aliphatic rings. The maximum atomic E-state index is 5.70. The van der Waals surface area contributed by atoms with E-state index in [0.29, 0.717) is 12.1 Å². The molecule has 1 heterocycles. The Labute approximate surface area is 129 Å². The van der Waals surface area contributed by atoms with Crippen molar-refractivity contribution in [3.8, 4) is 5.75 Å². The zero-order valence-corrected chi connectivity index (χ0v) is 13.6. The molecule has 1 aromatic carbocycles. The molecule has 1 aliphatic heterocycles. The van der Waals surface area contributed by atoms with Gasteiger partial charge in [-0.1, -0.05) is 19.1 Å². The van der Waals surface area contributed by atoms with Crippen molar-refractivity contribution < 1.29 is 4.74 Å². The summed E-state index contributed by atoms with van der Waals surface area (Å²) in [5.74, 6) is 0.996. The van der Waals surface area contributed by atoms with Gasteiger partial charge in [-0.2, -0.15) is 0 Å². The minimum absolute atomic E-state index is 0. The Morgan fingerprint density at radius 2 is 2.15 bits per heavy atom. The van der Waals surface area contributed by atoms with E-state index in [1.54, 1.807) is 0 Å². The van der Waals surface area contributed by atoms with E-state index in [9.17, 15) is 0 Å².